The summed E-state index contributed by atoms with van der Waals surface area (Å²) in [4.78, 5) is 0. The third-order valence-electron chi connectivity index (χ3n) is 3.65. The highest BCUT2D eigenvalue weighted by atomic mass is 28.5. The molecule has 0 aromatic heterocycles. The summed E-state index contributed by atoms with van der Waals surface area (Å²) in [5.74, 6) is 0. The maximum Gasteiger partial charge on any atom is 0.387 e. The van der Waals surface area contributed by atoms with Crippen LogP contribution in [0.2, 0.25) is 45.8 Å². The molecule has 0 unspecified atom stereocenters. The molecule has 0 saturated heterocycles. The van der Waals surface area contributed by atoms with Crippen LogP contribution in [0.4, 0.5) is 0 Å². The molecule has 0 atom stereocenters. The quantitative estimate of drug-likeness (QED) is 0.608. The van der Waals surface area contributed by atoms with Crippen LogP contribution >= 0.6 is 0 Å². The largest absolute Gasteiger partial charge is 0.437 e. The van der Waals surface area contributed by atoms with Crippen LogP contribution in [-0.2, 0) is 12.3 Å². The Balaban J connectivity index is 2.59. The second-order valence-corrected chi connectivity index (χ2v) is 22.3. The molecular formula is C19H32O3Si4. The summed E-state index contributed by atoms with van der Waals surface area (Å²) in [6.45, 7) is 15.4. The Morgan fingerprint density at radius 3 is 1.42 bits per heavy atom. The predicted octanol–water partition coefficient (Wildman–Crippen LogP) is 3.81. The fourth-order valence-corrected chi connectivity index (χ4v) is 19.3. The summed E-state index contributed by atoms with van der Waals surface area (Å²) in [5, 5.41) is 2.32. The number of hydrogen-bond acceptors (Lipinski definition) is 3. The van der Waals surface area contributed by atoms with Crippen LogP contribution in [0.3, 0.4) is 0 Å². The molecule has 0 aliphatic rings. The number of rotatable bonds is 8. The molecule has 3 nitrogen and oxygen atoms in total. The van der Waals surface area contributed by atoms with Crippen molar-refractivity contribution in [3.8, 4) is 0 Å². The van der Waals surface area contributed by atoms with Crippen LogP contribution in [0.1, 0.15) is 0 Å². The van der Waals surface area contributed by atoms with E-state index in [1.54, 1.807) is 0 Å². The second kappa shape index (κ2) is 8.47. The first-order valence-electron chi connectivity index (χ1n) is 9.23. The van der Waals surface area contributed by atoms with Crippen LogP contribution in [0.5, 0.6) is 0 Å². The molecule has 2 rings (SSSR count). The van der Waals surface area contributed by atoms with E-state index in [1.807, 2.05) is 12.1 Å². The Bertz CT molecular complexity index is 645. The molecule has 0 saturated carbocycles. The molecule has 0 N–H and O–H groups in total. The van der Waals surface area contributed by atoms with Crippen molar-refractivity contribution in [2.45, 2.75) is 45.8 Å². The van der Waals surface area contributed by atoms with Crippen molar-refractivity contribution in [3.05, 3.63) is 60.7 Å². The zero-order chi connectivity index (χ0) is 19.4. The van der Waals surface area contributed by atoms with Gasteiger partial charge in [0.15, 0.2) is 17.4 Å². The molecule has 7 heteroatoms. The number of benzene rings is 2. The highest BCUT2D eigenvalue weighted by molar-refractivity contribution is 7.00. The molecule has 2 aromatic rings. The Labute approximate surface area is 163 Å². The van der Waals surface area contributed by atoms with Gasteiger partial charge in [-0.3, -0.25) is 0 Å². The van der Waals surface area contributed by atoms with E-state index >= 15 is 0 Å². The first-order valence-corrected chi connectivity index (χ1v) is 20.1. The van der Waals surface area contributed by atoms with Crippen molar-refractivity contribution < 1.29 is 12.3 Å². The van der Waals surface area contributed by atoms with E-state index < -0.39 is 34.5 Å². The van der Waals surface area contributed by atoms with Crippen LogP contribution in [0, 0.1) is 0 Å². The van der Waals surface area contributed by atoms with Crippen LogP contribution in [0.15, 0.2) is 60.7 Å². The molecule has 0 amide bonds. The highest BCUT2D eigenvalue weighted by Gasteiger charge is 2.49. The summed E-state index contributed by atoms with van der Waals surface area (Å²) < 4.78 is 20.3. The maximum absolute atomic E-state index is 6.99. The third-order valence-corrected chi connectivity index (χ3v) is 16.6. The molecule has 26 heavy (non-hydrogen) atoms. The third kappa shape index (κ3) is 5.85. The van der Waals surface area contributed by atoms with Crippen molar-refractivity contribution in [1.82, 2.24) is 0 Å². The van der Waals surface area contributed by atoms with Gasteiger partial charge >= 0.3 is 17.1 Å². The average Bonchev–Trinajstić information content (AvgIpc) is 2.53. The first kappa shape index (κ1) is 21.5. The predicted molar refractivity (Wildman–Crippen MR) is 121 cm³/mol. The van der Waals surface area contributed by atoms with E-state index in [0.29, 0.717) is 0 Å². The summed E-state index contributed by atoms with van der Waals surface area (Å²) in [7, 11) is -8.29. The number of hydrogen-bond donors (Lipinski definition) is 0. The van der Waals surface area contributed by atoms with Crippen molar-refractivity contribution in [2.75, 3.05) is 0 Å². The molecule has 142 valence electrons. The molecule has 0 spiro atoms. The highest BCUT2D eigenvalue weighted by Crippen LogP contribution is 2.22. The molecule has 2 aromatic carbocycles. The Morgan fingerprint density at radius 1 is 0.654 bits per heavy atom. The van der Waals surface area contributed by atoms with Crippen LogP contribution in [0.25, 0.3) is 0 Å². The van der Waals surface area contributed by atoms with Gasteiger partial charge in [0.1, 0.15) is 0 Å². The van der Waals surface area contributed by atoms with Gasteiger partial charge in [0.05, 0.1) is 0 Å². The Kier molecular flexibility index (Phi) is 7.00. The van der Waals surface area contributed by atoms with E-state index in [9.17, 15) is 0 Å². The lowest BCUT2D eigenvalue weighted by Crippen LogP contribution is -2.69. The molecule has 0 aliphatic carbocycles. The van der Waals surface area contributed by atoms with Gasteiger partial charge in [0, 0.05) is 0 Å². The molecule has 0 heterocycles. The van der Waals surface area contributed by atoms with Crippen molar-refractivity contribution in [1.29, 1.82) is 0 Å². The minimum Gasteiger partial charge on any atom is -0.437 e. The van der Waals surface area contributed by atoms with E-state index in [4.69, 9.17) is 12.3 Å². The lowest BCUT2D eigenvalue weighted by Gasteiger charge is -2.41. The minimum atomic E-state index is -2.83. The lowest BCUT2D eigenvalue weighted by atomic mass is 10.4. The summed E-state index contributed by atoms with van der Waals surface area (Å²) >= 11 is 0. The van der Waals surface area contributed by atoms with Gasteiger partial charge in [-0.05, 0) is 56.2 Å². The lowest BCUT2D eigenvalue weighted by molar-refractivity contribution is 0.347. The normalized spacial score (nSPS) is 13.2. The zero-order valence-electron chi connectivity index (χ0n) is 17.1. The zero-order valence-corrected chi connectivity index (χ0v) is 21.2. The molecule has 0 aliphatic heterocycles. The van der Waals surface area contributed by atoms with Crippen molar-refractivity contribution in [3.63, 3.8) is 0 Å². The Hall–Kier alpha value is -0.812. The fourth-order valence-electron chi connectivity index (χ4n) is 3.20. The monoisotopic (exact) mass is 420 g/mol. The van der Waals surface area contributed by atoms with Crippen LogP contribution in [-0.4, -0.2) is 34.5 Å². The smallest absolute Gasteiger partial charge is 0.387 e. The summed E-state index contributed by atoms with van der Waals surface area (Å²) in [6, 6.07) is 21.0. The van der Waals surface area contributed by atoms with Gasteiger partial charge in [-0.15, -0.1) is 0 Å². The molecule has 0 bridgehead atoms. The van der Waals surface area contributed by atoms with Gasteiger partial charge in [-0.1, -0.05) is 60.7 Å². The SMILES string of the molecule is C[SiH](C)O[Si](O[Si](C)(C)O[Si](C)(C)C)(c1ccccc1)c1ccccc1. The summed E-state index contributed by atoms with van der Waals surface area (Å²) in [5.41, 5.74) is 0. The molecular weight excluding hydrogens is 389 g/mol. The first-order chi connectivity index (χ1) is 12.0. The van der Waals surface area contributed by atoms with Crippen molar-refractivity contribution >= 4 is 44.9 Å². The van der Waals surface area contributed by atoms with E-state index in [1.165, 1.54) is 0 Å². The molecule has 0 radical (unpaired) electrons. The van der Waals surface area contributed by atoms with Crippen LogP contribution < -0.4 is 10.4 Å². The van der Waals surface area contributed by atoms with E-state index in [2.05, 4.69) is 94.4 Å². The Morgan fingerprint density at radius 2 is 1.08 bits per heavy atom. The summed E-state index contributed by atoms with van der Waals surface area (Å²) in [6.07, 6.45) is 0. The van der Waals surface area contributed by atoms with Gasteiger partial charge in [-0.25, -0.2) is 0 Å². The molecule has 0 fully saturated rings. The van der Waals surface area contributed by atoms with E-state index in [0.717, 1.165) is 10.4 Å². The second-order valence-electron chi connectivity index (χ2n) is 8.23. The van der Waals surface area contributed by atoms with Gasteiger partial charge in [0.2, 0.25) is 0 Å². The fraction of sp³-hybridized carbons (Fsp3) is 0.368. The van der Waals surface area contributed by atoms with Gasteiger partial charge < -0.3 is 12.3 Å². The topological polar surface area (TPSA) is 27.7 Å². The average molecular weight is 421 g/mol. The van der Waals surface area contributed by atoms with Crippen molar-refractivity contribution in [2.24, 2.45) is 0 Å². The minimum absolute atomic E-state index is 1.16. The van der Waals surface area contributed by atoms with Gasteiger partial charge in [0.25, 0.3) is 0 Å². The van der Waals surface area contributed by atoms with Gasteiger partial charge in [-0.2, -0.15) is 0 Å². The maximum atomic E-state index is 6.99. The standard InChI is InChI=1S/C19H32O3Si4/c1-23(2)20-26(18-14-10-8-11-15-18,19-16-12-9-13-17-19)22-25(6,7)21-24(3,4)5/h8-17,23H,1-7H3. The van der Waals surface area contributed by atoms with E-state index in [-0.39, 0.29) is 0 Å².